The Bertz CT molecular complexity index is 627. The summed E-state index contributed by atoms with van der Waals surface area (Å²) in [5, 5.41) is 0. The molecule has 0 aromatic heterocycles. The van der Waals surface area contributed by atoms with E-state index in [1.807, 2.05) is 24.3 Å². The molecular weight excluding hydrogens is 361 g/mol. The number of fused-ring (bicyclic) bond motifs is 1. The van der Waals surface area contributed by atoms with Gasteiger partial charge in [0.2, 0.25) is 6.79 Å². The Morgan fingerprint density at radius 3 is 2.74 bits per heavy atom. The number of rotatable bonds is 3. The maximum Gasteiger partial charge on any atom is 0.275 e. The molecule has 0 bridgehead atoms. The molecule has 0 radical (unpaired) electrons. The van der Waals surface area contributed by atoms with E-state index in [-0.39, 0.29) is 12.8 Å². The molecule has 1 aliphatic heterocycles. The molecule has 23 heavy (non-hydrogen) atoms. The van der Waals surface area contributed by atoms with Crippen LogP contribution in [0.3, 0.4) is 0 Å². The van der Waals surface area contributed by atoms with Gasteiger partial charge in [-0.25, -0.2) is 0 Å². The number of nitrogens with zero attached hydrogens (tertiary/aromatic N) is 1. The van der Waals surface area contributed by atoms with Crippen molar-refractivity contribution in [2.24, 2.45) is 0 Å². The molecule has 1 atom stereocenters. The van der Waals surface area contributed by atoms with Crippen LogP contribution in [0.25, 0.3) is 0 Å². The summed E-state index contributed by atoms with van der Waals surface area (Å²) in [6.07, 6.45) is 6.94. The van der Waals surface area contributed by atoms with Crippen molar-refractivity contribution in [1.29, 1.82) is 0 Å². The number of amides is 1. The van der Waals surface area contributed by atoms with Gasteiger partial charge in [0.1, 0.15) is 0 Å². The molecule has 1 aromatic rings. The van der Waals surface area contributed by atoms with Crippen molar-refractivity contribution >= 4 is 40.7 Å². The third-order valence-corrected chi connectivity index (χ3v) is 4.41. The molecule has 1 unspecified atom stereocenters. The van der Waals surface area contributed by atoms with Crippen LogP contribution in [0.2, 0.25) is 0 Å². The summed E-state index contributed by atoms with van der Waals surface area (Å²) >= 11 is 17.5. The van der Waals surface area contributed by atoms with Crippen molar-refractivity contribution in [3.63, 3.8) is 0 Å². The molecule has 4 nitrogen and oxygen atoms in total. The number of benzene rings is 1. The van der Waals surface area contributed by atoms with Crippen LogP contribution in [-0.2, 0) is 11.3 Å². The molecule has 1 aromatic carbocycles. The van der Waals surface area contributed by atoms with Crippen molar-refractivity contribution < 1.29 is 14.3 Å². The molecular formula is C16H16Cl3NO3. The fourth-order valence-electron chi connectivity index (χ4n) is 2.79. The Morgan fingerprint density at radius 2 is 2.04 bits per heavy atom. The lowest BCUT2D eigenvalue weighted by molar-refractivity contribution is -0.132. The lowest BCUT2D eigenvalue weighted by atomic mass is 10.0. The normalized spacial score (nSPS) is 19.7. The van der Waals surface area contributed by atoms with Crippen LogP contribution in [0.15, 0.2) is 30.4 Å². The topological polar surface area (TPSA) is 38.8 Å². The standard InChI is InChI=1S/C16H16Cl3NO3/c17-16(18,19)15(21)20(12-4-2-1-3-5-12)9-11-6-7-13-14(8-11)23-10-22-13/h2,4,6-8,12H,1,3,5,9-10H2. The zero-order valence-corrected chi connectivity index (χ0v) is 14.6. The Kier molecular flexibility index (Phi) is 4.95. The third-order valence-electron chi connectivity index (χ3n) is 3.92. The molecule has 0 saturated heterocycles. The van der Waals surface area contributed by atoms with E-state index in [4.69, 9.17) is 44.3 Å². The number of carbonyl (C=O) groups is 1. The zero-order valence-electron chi connectivity index (χ0n) is 12.3. The van der Waals surface area contributed by atoms with Crippen LogP contribution in [0.4, 0.5) is 0 Å². The Balaban J connectivity index is 1.84. The number of hydrogen-bond donors (Lipinski definition) is 0. The van der Waals surface area contributed by atoms with Crippen LogP contribution >= 0.6 is 34.8 Å². The fourth-order valence-corrected chi connectivity index (χ4v) is 3.12. The molecule has 0 saturated carbocycles. The van der Waals surface area contributed by atoms with Crippen LogP contribution in [-0.4, -0.2) is 27.4 Å². The summed E-state index contributed by atoms with van der Waals surface area (Å²) in [7, 11) is 0. The van der Waals surface area contributed by atoms with Gasteiger partial charge in [-0.3, -0.25) is 4.79 Å². The van der Waals surface area contributed by atoms with E-state index >= 15 is 0 Å². The van der Waals surface area contributed by atoms with Gasteiger partial charge in [-0.1, -0.05) is 53.0 Å². The number of hydrogen-bond acceptors (Lipinski definition) is 3. The Hall–Kier alpha value is -1.10. The van der Waals surface area contributed by atoms with Gasteiger partial charge in [-0.15, -0.1) is 0 Å². The maximum absolute atomic E-state index is 12.5. The van der Waals surface area contributed by atoms with Gasteiger partial charge < -0.3 is 14.4 Å². The molecule has 3 rings (SSSR count). The molecule has 1 aliphatic carbocycles. The van der Waals surface area contributed by atoms with E-state index in [1.165, 1.54) is 0 Å². The van der Waals surface area contributed by atoms with Gasteiger partial charge >= 0.3 is 0 Å². The minimum absolute atomic E-state index is 0.0719. The first-order valence-corrected chi connectivity index (χ1v) is 8.51. The van der Waals surface area contributed by atoms with Gasteiger partial charge in [0.05, 0.1) is 6.04 Å². The van der Waals surface area contributed by atoms with Crippen molar-refractivity contribution in [2.45, 2.75) is 35.6 Å². The molecule has 0 N–H and O–H groups in total. The van der Waals surface area contributed by atoms with Crippen LogP contribution < -0.4 is 9.47 Å². The summed E-state index contributed by atoms with van der Waals surface area (Å²) in [5.41, 5.74) is 0.899. The van der Waals surface area contributed by atoms with Gasteiger partial charge in [0.15, 0.2) is 11.5 Å². The van der Waals surface area contributed by atoms with Gasteiger partial charge in [0, 0.05) is 6.54 Å². The van der Waals surface area contributed by atoms with E-state index in [9.17, 15) is 4.79 Å². The van der Waals surface area contributed by atoms with E-state index in [0.29, 0.717) is 18.0 Å². The van der Waals surface area contributed by atoms with Crippen LogP contribution in [0.1, 0.15) is 24.8 Å². The molecule has 2 aliphatic rings. The summed E-state index contributed by atoms with van der Waals surface area (Å²) < 4.78 is 8.70. The Morgan fingerprint density at radius 1 is 1.26 bits per heavy atom. The first-order chi connectivity index (χ1) is 10.9. The summed E-state index contributed by atoms with van der Waals surface area (Å²) in [4.78, 5) is 14.2. The highest BCUT2D eigenvalue weighted by Gasteiger charge is 2.38. The number of carbonyl (C=O) groups excluding carboxylic acids is 1. The van der Waals surface area contributed by atoms with E-state index in [0.717, 1.165) is 24.8 Å². The SMILES string of the molecule is O=C(N(Cc1ccc2c(c1)OCO2)C1C=CCCC1)C(Cl)(Cl)Cl. The van der Waals surface area contributed by atoms with E-state index in [2.05, 4.69) is 6.08 Å². The average Bonchev–Trinajstić information content (AvgIpc) is 2.99. The van der Waals surface area contributed by atoms with Crippen molar-refractivity contribution in [2.75, 3.05) is 6.79 Å². The largest absolute Gasteiger partial charge is 0.454 e. The number of allylic oxidation sites excluding steroid dienone is 1. The van der Waals surface area contributed by atoms with Gasteiger partial charge in [0.25, 0.3) is 9.70 Å². The summed E-state index contributed by atoms with van der Waals surface area (Å²) in [6.45, 7) is 0.555. The van der Waals surface area contributed by atoms with Crippen molar-refractivity contribution in [3.05, 3.63) is 35.9 Å². The molecule has 7 heteroatoms. The van der Waals surface area contributed by atoms with Gasteiger partial charge in [-0.05, 0) is 37.0 Å². The summed E-state index contributed by atoms with van der Waals surface area (Å²) in [6, 6.07) is 5.50. The zero-order chi connectivity index (χ0) is 16.4. The second-order valence-corrected chi connectivity index (χ2v) is 7.83. The lowest BCUT2D eigenvalue weighted by Crippen LogP contribution is -2.45. The third kappa shape index (κ3) is 3.87. The summed E-state index contributed by atoms with van der Waals surface area (Å²) in [5.74, 6) is 0.852. The maximum atomic E-state index is 12.5. The van der Waals surface area contributed by atoms with Crippen LogP contribution in [0, 0.1) is 0 Å². The lowest BCUT2D eigenvalue weighted by Gasteiger charge is -2.33. The molecule has 1 amide bonds. The highest BCUT2D eigenvalue weighted by molar-refractivity contribution is 6.76. The highest BCUT2D eigenvalue weighted by atomic mass is 35.6. The first kappa shape index (κ1) is 16.7. The molecule has 0 fully saturated rings. The molecule has 124 valence electrons. The van der Waals surface area contributed by atoms with Crippen molar-refractivity contribution in [1.82, 2.24) is 4.90 Å². The molecule has 1 heterocycles. The van der Waals surface area contributed by atoms with Crippen LogP contribution in [0.5, 0.6) is 11.5 Å². The van der Waals surface area contributed by atoms with E-state index in [1.54, 1.807) is 4.90 Å². The predicted octanol–water partition coefficient (Wildman–Crippen LogP) is 4.22. The minimum Gasteiger partial charge on any atom is -0.454 e. The molecule has 0 spiro atoms. The quantitative estimate of drug-likeness (QED) is 0.585. The second-order valence-electron chi connectivity index (χ2n) is 5.54. The number of ether oxygens (including phenoxy) is 2. The fraction of sp³-hybridized carbons (Fsp3) is 0.438. The number of alkyl halides is 3. The predicted molar refractivity (Wildman–Crippen MR) is 90.2 cm³/mol. The van der Waals surface area contributed by atoms with Crippen molar-refractivity contribution in [3.8, 4) is 11.5 Å². The Labute approximate surface area is 149 Å². The second kappa shape index (κ2) is 6.80. The van der Waals surface area contributed by atoms with E-state index < -0.39 is 9.70 Å². The highest BCUT2D eigenvalue weighted by Crippen LogP contribution is 2.35. The smallest absolute Gasteiger partial charge is 0.275 e. The monoisotopic (exact) mass is 375 g/mol. The van der Waals surface area contributed by atoms with Gasteiger partial charge in [-0.2, -0.15) is 0 Å². The average molecular weight is 377 g/mol. The minimum atomic E-state index is -1.97. The number of halogens is 3. The first-order valence-electron chi connectivity index (χ1n) is 7.38.